The lowest BCUT2D eigenvalue weighted by Gasteiger charge is -2.19. The first-order chi connectivity index (χ1) is 9.75. The second-order valence-electron chi connectivity index (χ2n) is 6.33. The largest absolute Gasteiger partial charge is 0.352 e. The second kappa shape index (κ2) is 6.02. The zero-order valence-electron chi connectivity index (χ0n) is 12.5. The van der Waals surface area contributed by atoms with Crippen molar-refractivity contribution < 1.29 is 9.59 Å². The fraction of sp³-hybridized carbons (Fsp3) is 0.533. The normalized spacial score (nSPS) is 18.5. The van der Waals surface area contributed by atoms with Crippen LogP contribution >= 0.6 is 11.6 Å². The van der Waals surface area contributed by atoms with Gasteiger partial charge < -0.3 is 10.6 Å². The van der Waals surface area contributed by atoms with Crippen molar-refractivity contribution in [2.45, 2.75) is 45.1 Å². The van der Waals surface area contributed by atoms with Gasteiger partial charge in [-0.05, 0) is 18.6 Å². The van der Waals surface area contributed by atoms with E-state index in [4.69, 9.17) is 11.6 Å². The van der Waals surface area contributed by atoms with E-state index in [0.29, 0.717) is 23.7 Å². The van der Waals surface area contributed by atoms with Crippen LogP contribution in [0.1, 0.15) is 49.7 Å². The second-order valence-corrected chi connectivity index (χ2v) is 6.71. The summed E-state index contributed by atoms with van der Waals surface area (Å²) in [7, 11) is 0. The van der Waals surface area contributed by atoms with Gasteiger partial charge in [-0.1, -0.05) is 32.4 Å². The Morgan fingerprint density at radius 1 is 1.48 bits per heavy atom. The van der Waals surface area contributed by atoms with E-state index in [1.807, 2.05) is 20.8 Å². The number of carbonyl (C=O) groups is 2. The van der Waals surface area contributed by atoms with Crippen molar-refractivity contribution in [1.82, 2.24) is 15.6 Å². The molecule has 2 heterocycles. The molecule has 0 bridgehead atoms. The Morgan fingerprint density at radius 2 is 2.19 bits per heavy atom. The maximum Gasteiger partial charge on any atom is 0.251 e. The molecule has 21 heavy (non-hydrogen) atoms. The van der Waals surface area contributed by atoms with E-state index in [1.54, 1.807) is 12.1 Å². The van der Waals surface area contributed by atoms with E-state index in [1.165, 1.54) is 0 Å². The highest BCUT2D eigenvalue weighted by Gasteiger charge is 2.22. The molecule has 0 radical (unpaired) electrons. The van der Waals surface area contributed by atoms with E-state index in [0.717, 1.165) is 12.1 Å². The van der Waals surface area contributed by atoms with Gasteiger partial charge in [0.1, 0.15) is 5.15 Å². The van der Waals surface area contributed by atoms with Gasteiger partial charge in [0.2, 0.25) is 5.91 Å². The van der Waals surface area contributed by atoms with Crippen molar-refractivity contribution in [3.63, 3.8) is 0 Å². The van der Waals surface area contributed by atoms with Gasteiger partial charge in [-0.3, -0.25) is 9.59 Å². The molecule has 1 aromatic heterocycles. The lowest BCUT2D eigenvalue weighted by Crippen LogP contribution is -2.38. The number of aromatic nitrogens is 1. The molecule has 1 aliphatic heterocycles. The molecule has 0 aromatic carbocycles. The van der Waals surface area contributed by atoms with Crippen LogP contribution in [0, 0.1) is 0 Å². The molecule has 1 atom stereocenters. The third-order valence-electron chi connectivity index (χ3n) is 3.42. The zero-order valence-corrected chi connectivity index (χ0v) is 13.3. The molecule has 1 unspecified atom stereocenters. The number of pyridine rings is 1. The lowest BCUT2D eigenvalue weighted by molar-refractivity contribution is -0.119. The van der Waals surface area contributed by atoms with Crippen molar-refractivity contribution in [3.05, 3.63) is 28.5 Å². The van der Waals surface area contributed by atoms with Gasteiger partial charge in [-0.2, -0.15) is 0 Å². The number of rotatable bonds is 3. The van der Waals surface area contributed by atoms with Gasteiger partial charge in [0.05, 0.1) is 0 Å². The molecular formula is C15H20ClN3O2. The van der Waals surface area contributed by atoms with Crippen molar-refractivity contribution in [2.75, 3.05) is 6.54 Å². The molecule has 1 aliphatic rings. The molecule has 6 heteroatoms. The Bertz CT molecular complexity index is 567. The summed E-state index contributed by atoms with van der Waals surface area (Å²) in [6.45, 7) is 6.47. The number of nitrogens with zero attached hydrogens (tertiary/aromatic N) is 1. The highest BCUT2D eigenvalue weighted by molar-refractivity contribution is 6.29. The minimum atomic E-state index is -0.203. The maximum absolute atomic E-state index is 12.2. The molecule has 1 fully saturated rings. The Balaban J connectivity index is 2.05. The minimum absolute atomic E-state index is 0.0147. The highest BCUT2D eigenvalue weighted by atomic mass is 35.5. The van der Waals surface area contributed by atoms with Gasteiger partial charge in [-0.15, -0.1) is 0 Å². The van der Waals surface area contributed by atoms with Crippen LogP contribution in [0.5, 0.6) is 0 Å². The zero-order chi connectivity index (χ0) is 15.6. The Labute approximate surface area is 129 Å². The summed E-state index contributed by atoms with van der Waals surface area (Å²) < 4.78 is 0. The van der Waals surface area contributed by atoms with Gasteiger partial charge >= 0.3 is 0 Å². The molecule has 1 saturated heterocycles. The number of amides is 2. The Hall–Kier alpha value is -1.62. The lowest BCUT2D eigenvalue weighted by atomic mass is 9.91. The van der Waals surface area contributed by atoms with Crippen LogP contribution in [0.3, 0.4) is 0 Å². The molecule has 2 rings (SSSR count). The predicted octanol–water partition coefficient (Wildman–Crippen LogP) is 2.04. The molecule has 2 amide bonds. The number of carbonyl (C=O) groups excluding carboxylic acids is 2. The third kappa shape index (κ3) is 4.17. The first-order valence-electron chi connectivity index (χ1n) is 7.01. The van der Waals surface area contributed by atoms with Gasteiger partial charge in [-0.25, -0.2) is 4.98 Å². The van der Waals surface area contributed by atoms with Crippen LogP contribution in [-0.4, -0.2) is 29.4 Å². The minimum Gasteiger partial charge on any atom is -0.352 e. The number of halogens is 1. The molecule has 0 aliphatic carbocycles. The van der Waals surface area contributed by atoms with Gasteiger partial charge in [0.25, 0.3) is 5.91 Å². The summed E-state index contributed by atoms with van der Waals surface area (Å²) in [5, 5.41) is 5.95. The quantitative estimate of drug-likeness (QED) is 0.839. The SMILES string of the molecule is CC(C)(C)c1cc(C(=O)NCC2CCC(=O)N2)cc(Cl)n1. The first kappa shape index (κ1) is 15.8. The smallest absolute Gasteiger partial charge is 0.251 e. The van der Waals surface area contributed by atoms with Crippen molar-refractivity contribution >= 4 is 23.4 Å². The average Bonchev–Trinajstić information content (AvgIpc) is 2.80. The van der Waals surface area contributed by atoms with Crippen molar-refractivity contribution in [2.24, 2.45) is 0 Å². The molecular weight excluding hydrogens is 290 g/mol. The van der Waals surface area contributed by atoms with E-state index in [-0.39, 0.29) is 23.3 Å². The maximum atomic E-state index is 12.2. The fourth-order valence-corrected chi connectivity index (χ4v) is 2.37. The van der Waals surface area contributed by atoms with Crippen molar-refractivity contribution in [3.8, 4) is 0 Å². The summed E-state index contributed by atoms with van der Waals surface area (Å²) in [5.41, 5.74) is 1.08. The molecule has 2 N–H and O–H groups in total. The number of hydrogen-bond acceptors (Lipinski definition) is 3. The Morgan fingerprint density at radius 3 is 2.76 bits per heavy atom. The van der Waals surface area contributed by atoms with Crippen LogP contribution in [0.2, 0.25) is 5.15 Å². The van der Waals surface area contributed by atoms with Crippen molar-refractivity contribution in [1.29, 1.82) is 0 Å². The predicted molar refractivity (Wildman–Crippen MR) is 81.4 cm³/mol. The third-order valence-corrected chi connectivity index (χ3v) is 3.61. The average molecular weight is 310 g/mol. The van der Waals surface area contributed by atoms with Crippen LogP contribution < -0.4 is 10.6 Å². The topological polar surface area (TPSA) is 71.1 Å². The van der Waals surface area contributed by atoms with Crippen LogP contribution in [0.4, 0.5) is 0 Å². The molecule has 0 saturated carbocycles. The molecule has 1 aromatic rings. The monoisotopic (exact) mass is 309 g/mol. The molecule has 114 valence electrons. The van der Waals surface area contributed by atoms with E-state index in [9.17, 15) is 9.59 Å². The summed E-state index contributed by atoms with van der Waals surface area (Å²) in [6, 6.07) is 3.33. The highest BCUT2D eigenvalue weighted by Crippen LogP contribution is 2.23. The number of nitrogens with one attached hydrogen (secondary N) is 2. The Kier molecular flexibility index (Phi) is 4.52. The summed E-state index contributed by atoms with van der Waals surface area (Å²) >= 11 is 6.00. The fourth-order valence-electron chi connectivity index (χ4n) is 2.16. The van der Waals surface area contributed by atoms with Gasteiger partial charge in [0.15, 0.2) is 0 Å². The molecule has 0 spiro atoms. The van der Waals surface area contributed by atoms with E-state index < -0.39 is 0 Å². The summed E-state index contributed by atoms with van der Waals surface area (Å²) in [4.78, 5) is 27.6. The number of hydrogen-bond donors (Lipinski definition) is 2. The summed E-state index contributed by atoms with van der Waals surface area (Å²) in [5.74, 6) is -0.165. The van der Waals surface area contributed by atoms with E-state index in [2.05, 4.69) is 15.6 Å². The van der Waals surface area contributed by atoms with E-state index >= 15 is 0 Å². The van der Waals surface area contributed by atoms with Crippen LogP contribution in [0.25, 0.3) is 0 Å². The van der Waals surface area contributed by atoms with Gasteiger partial charge in [0, 0.05) is 35.7 Å². The standard InChI is InChI=1S/C15H20ClN3O2/c1-15(2,3)11-6-9(7-12(16)19-11)14(21)17-8-10-4-5-13(20)18-10/h6-7,10H,4-5,8H2,1-3H3,(H,17,21)(H,18,20). The molecule has 5 nitrogen and oxygen atoms in total. The van der Waals surface area contributed by atoms with Crippen LogP contribution in [0.15, 0.2) is 12.1 Å². The van der Waals surface area contributed by atoms with Crippen LogP contribution in [-0.2, 0) is 10.2 Å². The summed E-state index contributed by atoms with van der Waals surface area (Å²) in [6.07, 6.45) is 1.28. The first-order valence-corrected chi connectivity index (χ1v) is 7.39.